The van der Waals surface area contributed by atoms with Gasteiger partial charge in [0.05, 0.1) is 30.0 Å². The van der Waals surface area contributed by atoms with Gasteiger partial charge in [-0.05, 0) is 19.0 Å². The van der Waals surface area contributed by atoms with Crippen LogP contribution in [-0.4, -0.2) is 41.1 Å². The zero-order valence-electron chi connectivity index (χ0n) is 11.4. The van der Waals surface area contributed by atoms with Gasteiger partial charge in [-0.15, -0.1) is 0 Å². The lowest BCUT2D eigenvalue weighted by atomic mass is 10.0. The van der Waals surface area contributed by atoms with Crippen LogP contribution in [0.2, 0.25) is 0 Å². The van der Waals surface area contributed by atoms with Crippen LogP contribution in [0.1, 0.15) is 34.0 Å². The Labute approximate surface area is 117 Å². The van der Waals surface area contributed by atoms with Gasteiger partial charge < -0.3 is 9.73 Å². The van der Waals surface area contributed by atoms with Gasteiger partial charge in [0.1, 0.15) is 0 Å². The highest BCUT2D eigenvalue weighted by atomic mass is 16.3. The first-order chi connectivity index (χ1) is 9.78. The maximum Gasteiger partial charge on any atom is 0.254 e. The summed E-state index contributed by atoms with van der Waals surface area (Å²) in [5, 5.41) is 9.66. The van der Waals surface area contributed by atoms with Crippen molar-refractivity contribution in [2.45, 2.75) is 18.9 Å². The van der Waals surface area contributed by atoms with Gasteiger partial charge in [-0.25, -0.2) is 0 Å². The molecule has 1 atom stereocenters. The highest BCUT2D eigenvalue weighted by Crippen LogP contribution is 2.29. The summed E-state index contributed by atoms with van der Waals surface area (Å²) < 4.78 is 5.09. The topological polar surface area (TPSA) is 74.2 Å². The second-order valence-corrected chi connectivity index (χ2v) is 5.13. The standard InChI is InChI=1S/C14H18N4O2/c1-15-14(19)12-6-16-17-13(12)11-2-4-18(8-11)7-10-3-5-20-9-10/h3,5-6,9,11H,2,4,7-8H2,1H3,(H,15,19)(H,16,17). The van der Waals surface area contributed by atoms with Crippen LogP contribution in [0.4, 0.5) is 0 Å². The van der Waals surface area contributed by atoms with Gasteiger partial charge in [0.2, 0.25) is 0 Å². The molecule has 2 aromatic rings. The molecule has 0 aromatic carbocycles. The van der Waals surface area contributed by atoms with Crippen LogP contribution in [0.5, 0.6) is 0 Å². The molecular weight excluding hydrogens is 256 g/mol. The van der Waals surface area contributed by atoms with Crippen molar-refractivity contribution in [3.05, 3.63) is 41.6 Å². The molecule has 1 fully saturated rings. The van der Waals surface area contributed by atoms with E-state index in [9.17, 15) is 4.79 Å². The Morgan fingerprint density at radius 3 is 3.30 bits per heavy atom. The maximum atomic E-state index is 11.8. The second-order valence-electron chi connectivity index (χ2n) is 5.13. The average molecular weight is 274 g/mol. The molecule has 1 aliphatic heterocycles. The number of hydrogen-bond acceptors (Lipinski definition) is 4. The number of H-pyrrole nitrogens is 1. The molecule has 106 valence electrons. The van der Waals surface area contributed by atoms with Gasteiger partial charge >= 0.3 is 0 Å². The highest BCUT2D eigenvalue weighted by molar-refractivity contribution is 5.95. The largest absolute Gasteiger partial charge is 0.472 e. The maximum absolute atomic E-state index is 11.8. The molecule has 2 aromatic heterocycles. The number of carbonyl (C=O) groups excluding carboxylic acids is 1. The molecule has 1 aliphatic rings. The molecule has 0 bridgehead atoms. The number of rotatable bonds is 4. The first kappa shape index (κ1) is 12.9. The number of nitrogens with zero attached hydrogens (tertiary/aromatic N) is 2. The fourth-order valence-electron chi connectivity index (χ4n) is 2.78. The lowest BCUT2D eigenvalue weighted by Gasteiger charge is -2.14. The highest BCUT2D eigenvalue weighted by Gasteiger charge is 2.28. The van der Waals surface area contributed by atoms with E-state index in [2.05, 4.69) is 20.4 Å². The van der Waals surface area contributed by atoms with Crippen molar-refractivity contribution in [1.29, 1.82) is 0 Å². The van der Waals surface area contributed by atoms with Crippen molar-refractivity contribution < 1.29 is 9.21 Å². The number of aromatic nitrogens is 2. The molecule has 6 heteroatoms. The summed E-state index contributed by atoms with van der Waals surface area (Å²) in [6, 6.07) is 1.99. The van der Waals surface area contributed by atoms with Crippen LogP contribution in [-0.2, 0) is 6.54 Å². The lowest BCUT2D eigenvalue weighted by molar-refractivity contribution is 0.0961. The first-order valence-electron chi connectivity index (χ1n) is 6.76. The number of carbonyl (C=O) groups is 1. The number of hydrogen-bond donors (Lipinski definition) is 2. The summed E-state index contributed by atoms with van der Waals surface area (Å²) in [4.78, 5) is 14.2. The summed E-state index contributed by atoms with van der Waals surface area (Å²) in [5.74, 6) is 0.249. The molecule has 0 aliphatic carbocycles. The van der Waals surface area contributed by atoms with E-state index in [1.165, 1.54) is 5.56 Å². The minimum atomic E-state index is -0.0814. The second kappa shape index (κ2) is 5.50. The fourth-order valence-corrected chi connectivity index (χ4v) is 2.78. The van der Waals surface area contributed by atoms with Gasteiger partial charge in [-0.1, -0.05) is 0 Å². The van der Waals surface area contributed by atoms with E-state index >= 15 is 0 Å². The third-order valence-electron chi connectivity index (χ3n) is 3.81. The van der Waals surface area contributed by atoms with Crippen molar-refractivity contribution in [2.24, 2.45) is 0 Å². The molecule has 2 N–H and O–H groups in total. The fraction of sp³-hybridized carbons (Fsp3) is 0.429. The van der Waals surface area contributed by atoms with Gasteiger partial charge in [0.15, 0.2) is 0 Å². The molecule has 1 amide bonds. The monoisotopic (exact) mass is 274 g/mol. The van der Waals surface area contributed by atoms with Crippen LogP contribution in [0.25, 0.3) is 0 Å². The quantitative estimate of drug-likeness (QED) is 0.882. The zero-order chi connectivity index (χ0) is 13.9. The number of nitrogens with one attached hydrogen (secondary N) is 2. The Bertz CT molecular complexity index is 576. The summed E-state index contributed by atoms with van der Waals surface area (Å²) in [6.45, 7) is 2.83. The van der Waals surface area contributed by atoms with Gasteiger partial charge in [-0.3, -0.25) is 14.8 Å². The number of furan rings is 1. The molecule has 1 unspecified atom stereocenters. The van der Waals surface area contributed by atoms with Crippen molar-refractivity contribution in [2.75, 3.05) is 20.1 Å². The minimum Gasteiger partial charge on any atom is -0.472 e. The summed E-state index contributed by atoms with van der Waals surface area (Å²) in [6.07, 6.45) is 6.11. The molecule has 0 radical (unpaired) electrons. The Hall–Kier alpha value is -2.08. The Kier molecular flexibility index (Phi) is 3.56. The van der Waals surface area contributed by atoms with E-state index in [0.717, 1.165) is 31.7 Å². The molecule has 3 rings (SSSR count). The predicted octanol–water partition coefficient (Wildman–Crippen LogP) is 1.35. The third kappa shape index (κ3) is 2.46. The zero-order valence-corrected chi connectivity index (χ0v) is 11.4. The smallest absolute Gasteiger partial charge is 0.254 e. The van der Waals surface area contributed by atoms with E-state index < -0.39 is 0 Å². The van der Waals surface area contributed by atoms with Crippen molar-refractivity contribution >= 4 is 5.91 Å². The molecule has 0 saturated carbocycles. The Balaban J connectivity index is 1.68. The van der Waals surface area contributed by atoms with Crippen molar-refractivity contribution in [1.82, 2.24) is 20.4 Å². The van der Waals surface area contributed by atoms with E-state index in [1.54, 1.807) is 25.8 Å². The average Bonchev–Trinajstić information content (AvgIpc) is 3.18. The van der Waals surface area contributed by atoms with Crippen LogP contribution in [0, 0.1) is 0 Å². The van der Waals surface area contributed by atoms with E-state index in [0.29, 0.717) is 11.5 Å². The van der Waals surface area contributed by atoms with E-state index in [-0.39, 0.29) is 5.91 Å². The molecule has 20 heavy (non-hydrogen) atoms. The van der Waals surface area contributed by atoms with Crippen LogP contribution in [0.3, 0.4) is 0 Å². The summed E-state index contributed by atoms with van der Waals surface area (Å²) >= 11 is 0. The van der Waals surface area contributed by atoms with Gasteiger partial charge in [-0.2, -0.15) is 5.10 Å². The van der Waals surface area contributed by atoms with E-state index in [4.69, 9.17) is 4.42 Å². The van der Waals surface area contributed by atoms with E-state index in [1.807, 2.05) is 6.07 Å². The number of likely N-dealkylation sites (tertiary alicyclic amines) is 1. The predicted molar refractivity (Wildman–Crippen MR) is 73.3 cm³/mol. The lowest BCUT2D eigenvalue weighted by Crippen LogP contribution is -2.22. The summed E-state index contributed by atoms with van der Waals surface area (Å²) in [7, 11) is 1.64. The minimum absolute atomic E-state index is 0.0814. The molecule has 6 nitrogen and oxygen atoms in total. The number of aromatic amines is 1. The molecule has 3 heterocycles. The van der Waals surface area contributed by atoms with Crippen molar-refractivity contribution in [3.63, 3.8) is 0 Å². The third-order valence-corrected chi connectivity index (χ3v) is 3.81. The summed E-state index contributed by atoms with van der Waals surface area (Å²) in [5.41, 5.74) is 2.78. The Morgan fingerprint density at radius 2 is 2.55 bits per heavy atom. The van der Waals surface area contributed by atoms with Crippen LogP contribution in [0.15, 0.2) is 29.2 Å². The van der Waals surface area contributed by atoms with Gasteiger partial charge in [0.25, 0.3) is 5.91 Å². The molecule has 1 saturated heterocycles. The number of amides is 1. The first-order valence-corrected chi connectivity index (χ1v) is 6.76. The SMILES string of the molecule is CNC(=O)c1cn[nH]c1C1CCN(Cc2ccoc2)C1. The Morgan fingerprint density at radius 1 is 1.65 bits per heavy atom. The molecule has 0 spiro atoms. The normalized spacial score (nSPS) is 19.4. The van der Waals surface area contributed by atoms with Crippen molar-refractivity contribution in [3.8, 4) is 0 Å². The van der Waals surface area contributed by atoms with Crippen LogP contribution < -0.4 is 5.32 Å². The van der Waals surface area contributed by atoms with Gasteiger partial charge in [0, 0.05) is 31.6 Å². The molecular formula is C14H18N4O2. The van der Waals surface area contributed by atoms with Crippen LogP contribution >= 0.6 is 0 Å².